The van der Waals surface area contributed by atoms with Gasteiger partial charge in [0.15, 0.2) is 0 Å². The zero-order chi connectivity index (χ0) is 26.6. The third kappa shape index (κ3) is 7.28. The number of ketones is 1. The van der Waals surface area contributed by atoms with Gasteiger partial charge in [0, 0.05) is 30.7 Å². The molecule has 0 saturated heterocycles. The van der Waals surface area contributed by atoms with Gasteiger partial charge in [-0.15, -0.1) is 23.2 Å². The van der Waals surface area contributed by atoms with Crippen molar-refractivity contribution in [3.05, 3.63) is 0 Å². The van der Waals surface area contributed by atoms with Crippen molar-refractivity contribution < 1.29 is 14.3 Å². The maximum Gasteiger partial charge on any atom is 0.139 e. The van der Waals surface area contributed by atoms with E-state index in [1.807, 2.05) is 0 Å². The van der Waals surface area contributed by atoms with Crippen LogP contribution in [0.1, 0.15) is 111 Å². The Hall–Kier alpha value is 0.170. The number of hydrogen-bond acceptors (Lipinski definition) is 3. The fraction of sp³-hybridized carbons (Fsp3) is 0.969. The van der Waals surface area contributed by atoms with Crippen molar-refractivity contribution in [2.24, 2.45) is 46.8 Å². The number of methoxy groups -OCH3 is 1. The van der Waals surface area contributed by atoms with Crippen molar-refractivity contribution in [3.8, 4) is 0 Å². The molecule has 214 valence electrons. The second kappa shape index (κ2) is 13.7. The molecular weight excluding hydrogens is 503 g/mol. The normalized spacial score (nSPS) is 41.9. The molecule has 0 aromatic carbocycles. The van der Waals surface area contributed by atoms with Crippen LogP contribution in [0, 0.1) is 46.8 Å². The zero-order valence-corrected chi connectivity index (χ0v) is 25.6. The van der Waals surface area contributed by atoms with E-state index in [0.29, 0.717) is 47.0 Å². The molecule has 4 fully saturated rings. The van der Waals surface area contributed by atoms with Crippen molar-refractivity contribution in [1.82, 2.24) is 0 Å². The lowest BCUT2D eigenvalue weighted by Gasteiger charge is -2.50. The Balaban J connectivity index is 1.24. The fourth-order valence-electron chi connectivity index (χ4n) is 8.54. The lowest BCUT2D eigenvalue weighted by atomic mass is 9.57. The highest BCUT2D eigenvalue weighted by Crippen LogP contribution is 2.52. The summed E-state index contributed by atoms with van der Waals surface area (Å²) in [7, 11) is 1.80. The molecule has 0 N–H and O–H groups in total. The maximum atomic E-state index is 13.2. The molecule has 0 radical (unpaired) electrons. The predicted octanol–water partition coefficient (Wildman–Crippen LogP) is 8.68. The van der Waals surface area contributed by atoms with Crippen molar-refractivity contribution >= 4 is 29.0 Å². The molecule has 0 amide bonds. The van der Waals surface area contributed by atoms with Gasteiger partial charge in [0.05, 0.1) is 18.3 Å². The molecule has 3 nitrogen and oxygen atoms in total. The largest absolute Gasteiger partial charge is 0.381 e. The van der Waals surface area contributed by atoms with Crippen LogP contribution in [0.2, 0.25) is 0 Å². The van der Waals surface area contributed by atoms with E-state index in [2.05, 4.69) is 20.8 Å². The average molecular weight is 558 g/mol. The average Bonchev–Trinajstić information content (AvgIpc) is 2.93. The minimum absolute atomic E-state index is 0.249. The summed E-state index contributed by atoms with van der Waals surface area (Å²) in [5.41, 5.74) is 0.334. The molecule has 0 heterocycles. The van der Waals surface area contributed by atoms with Gasteiger partial charge in [-0.2, -0.15) is 0 Å². The lowest BCUT2D eigenvalue weighted by molar-refractivity contribution is -0.132. The van der Waals surface area contributed by atoms with Crippen LogP contribution in [0.4, 0.5) is 0 Å². The standard InChI is InChI=1S/C32H54Cl2O3/c1-21-5-10-26(17-24(21)19-33)32(2,3)27-11-16-30(25(18-27)20-34)37-29-14-8-23(9-15-29)31(35)22-6-12-28(36-4)13-7-22/h21-30H,5-20H2,1-4H3. The van der Waals surface area contributed by atoms with Gasteiger partial charge in [-0.05, 0) is 118 Å². The summed E-state index contributed by atoms with van der Waals surface area (Å²) in [6.07, 6.45) is 16.7. The molecule has 0 spiro atoms. The van der Waals surface area contributed by atoms with Crippen LogP contribution < -0.4 is 0 Å². The van der Waals surface area contributed by atoms with E-state index in [1.165, 1.54) is 32.1 Å². The summed E-state index contributed by atoms with van der Waals surface area (Å²) in [5.74, 6) is 5.91. The van der Waals surface area contributed by atoms with Gasteiger partial charge in [0.1, 0.15) is 5.78 Å². The van der Waals surface area contributed by atoms with Crippen molar-refractivity contribution in [3.63, 3.8) is 0 Å². The van der Waals surface area contributed by atoms with Gasteiger partial charge in [-0.3, -0.25) is 4.79 Å². The number of halogens is 2. The SMILES string of the molecule is COC1CCC(C(=O)C2CCC(OC3CCC(C(C)(C)C4CCC(C)C(CCl)C4)CC3CCl)CC2)CC1. The molecule has 0 aliphatic heterocycles. The van der Waals surface area contributed by atoms with Gasteiger partial charge in [-0.25, -0.2) is 0 Å². The molecule has 0 aromatic heterocycles. The van der Waals surface area contributed by atoms with Gasteiger partial charge in [0.2, 0.25) is 0 Å². The number of carbonyl (C=O) groups is 1. The van der Waals surface area contributed by atoms with Gasteiger partial charge >= 0.3 is 0 Å². The summed E-state index contributed by atoms with van der Waals surface area (Å²) >= 11 is 12.9. The minimum Gasteiger partial charge on any atom is -0.381 e. The third-order valence-electron chi connectivity index (χ3n) is 11.6. The van der Waals surface area contributed by atoms with Gasteiger partial charge in [-0.1, -0.05) is 27.2 Å². The van der Waals surface area contributed by atoms with E-state index in [-0.39, 0.29) is 17.9 Å². The van der Waals surface area contributed by atoms with Crippen LogP contribution in [-0.4, -0.2) is 43.0 Å². The Morgan fingerprint density at radius 1 is 0.730 bits per heavy atom. The number of carbonyl (C=O) groups excluding carboxylic acids is 1. The maximum absolute atomic E-state index is 13.2. The van der Waals surface area contributed by atoms with E-state index >= 15 is 0 Å². The third-order valence-corrected chi connectivity index (χ3v) is 12.4. The van der Waals surface area contributed by atoms with E-state index < -0.39 is 0 Å². The smallest absolute Gasteiger partial charge is 0.139 e. The van der Waals surface area contributed by atoms with Crippen LogP contribution in [0.5, 0.6) is 0 Å². The minimum atomic E-state index is 0.249. The van der Waals surface area contributed by atoms with Crippen LogP contribution in [0.15, 0.2) is 0 Å². The van der Waals surface area contributed by atoms with Crippen molar-refractivity contribution in [1.29, 1.82) is 0 Å². The number of Topliss-reactive ketones (excluding diaryl/α,β-unsaturated/α-hetero) is 1. The Bertz CT molecular complexity index is 711. The van der Waals surface area contributed by atoms with Crippen LogP contribution in [-0.2, 0) is 14.3 Å². The van der Waals surface area contributed by atoms with Crippen LogP contribution in [0.3, 0.4) is 0 Å². The molecule has 4 saturated carbocycles. The summed E-state index contributed by atoms with van der Waals surface area (Å²) < 4.78 is 12.3. The molecule has 6 unspecified atom stereocenters. The topological polar surface area (TPSA) is 35.5 Å². The first-order valence-electron chi connectivity index (χ1n) is 15.6. The quantitative estimate of drug-likeness (QED) is 0.266. The van der Waals surface area contributed by atoms with E-state index in [4.69, 9.17) is 32.7 Å². The summed E-state index contributed by atoms with van der Waals surface area (Å²) in [5, 5.41) is 0. The molecule has 0 bridgehead atoms. The molecular formula is C32H54Cl2O3. The molecule has 0 aromatic rings. The number of rotatable bonds is 9. The highest BCUT2D eigenvalue weighted by molar-refractivity contribution is 6.18. The van der Waals surface area contributed by atoms with Gasteiger partial charge in [0.25, 0.3) is 0 Å². The molecule has 6 atom stereocenters. The highest BCUT2D eigenvalue weighted by Gasteiger charge is 2.45. The number of ether oxygens (including phenoxy) is 2. The Labute approximate surface area is 237 Å². The summed E-state index contributed by atoms with van der Waals surface area (Å²) in [6, 6.07) is 0. The van der Waals surface area contributed by atoms with Crippen molar-refractivity contribution in [2.45, 2.75) is 129 Å². The first kappa shape index (κ1) is 30.1. The van der Waals surface area contributed by atoms with E-state index in [9.17, 15) is 4.79 Å². The first-order chi connectivity index (χ1) is 17.8. The summed E-state index contributed by atoms with van der Waals surface area (Å²) in [6.45, 7) is 7.44. The fourth-order valence-corrected chi connectivity index (χ4v) is 9.29. The molecule has 4 rings (SSSR count). The number of alkyl halides is 2. The monoisotopic (exact) mass is 556 g/mol. The first-order valence-corrected chi connectivity index (χ1v) is 16.7. The Morgan fingerprint density at radius 3 is 1.78 bits per heavy atom. The Morgan fingerprint density at radius 2 is 1.24 bits per heavy atom. The molecule has 5 heteroatoms. The number of hydrogen-bond donors (Lipinski definition) is 0. The zero-order valence-electron chi connectivity index (χ0n) is 24.1. The van der Waals surface area contributed by atoms with Crippen LogP contribution >= 0.6 is 23.2 Å². The van der Waals surface area contributed by atoms with Crippen molar-refractivity contribution in [2.75, 3.05) is 18.9 Å². The highest BCUT2D eigenvalue weighted by atomic mass is 35.5. The lowest BCUT2D eigenvalue weighted by Crippen LogP contribution is -2.44. The van der Waals surface area contributed by atoms with E-state index in [1.54, 1.807) is 7.11 Å². The van der Waals surface area contributed by atoms with E-state index in [0.717, 1.165) is 75.5 Å². The molecule has 4 aliphatic carbocycles. The predicted molar refractivity (Wildman–Crippen MR) is 154 cm³/mol. The second-order valence-corrected chi connectivity index (χ2v) is 14.5. The van der Waals surface area contributed by atoms with Gasteiger partial charge < -0.3 is 9.47 Å². The second-order valence-electron chi connectivity index (χ2n) is 13.9. The summed E-state index contributed by atoms with van der Waals surface area (Å²) in [4.78, 5) is 13.2. The Kier molecular flexibility index (Phi) is 11.1. The molecule has 37 heavy (non-hydrogen) atoms. The van der Waals surface area contributed by atoms with Crippen LogP contribution in [0.25, 0.3) is 0 Å². The molecule has 4 aliphatic rings.